The molecule has 0 spiro atoms. The first-order valence-electron chi connectivity index (χ1n) is 9.93. The van der Waals surface area contributed by atoms with Gasteiger partial charge < -0.3 is 19.4 Å². The van der Waals surface area contributed by atoms with Gasteiger partial charge in [0.15, 0.2) is 0 Å². The summed E-state index contributed by atoms with van der Waals surface area (Å²) in [4.78, 5) is 17.9. The van der Waals surface area contributed by atoms with E-state index < -0.39 is 0 Å². The quantitative estimate of drug-likeness (QED) is 0.744. The third kappa shape index (κ3) is 2.91. The van der Waals surface area contributed by atoms with Crippen molar-refractivity contribution in [1.29, 1.82) is 0 Å². The Kier molecular flexibility index (Phi) is 4.23. The molecule has 144 valence electrons. The number of amides is 1. The summed E-state index contributed by atoms with van der Waals surface area (Å²) in [7, 11) is 1.89. The molecule has 0 saturated heterocycles. The van der Waals surface area contributed by atoms with Crippen LogP contribution in [0.4, 0.5) is 0 Å². The molecule has 2 aliphatic rings. The maximum Gasteiger partial charge on any atom is 0.226 e. The van der Waals surface area contributed by atoms with Crippen molar-refractivity contribution in [3.8, 4) is 11.5 Å². The number of para-hydroxylation sites is 1. The first-order valence-corrected chi connectivity index (χ1v) is 9.93. The van der Waals surface area contributed by atoms with Gasteiger partial charge in [-0.15, -0.1) is 0 Å². The molecule has 0 atom stereocenters. The van der Waals surface area contributed by atoms with Crippen LogP contribution in [0.25, 0.3) is 10.9 Å². The fraction of sp³-hybridized carbons (Fsp3) is 0.348. The van der Waals surface area contributed by atoms with Gasteiger partial charge in [-0.05, 0) is 24.1 Å². The van der Waals surface area contributed by atoms with Crippen molar-refractivity contribution >= 4 is 16.8 Å². The van der Waals surface area contributed by atoms with Gasteiger partial charge >= 0.3 is 0 Å². The predicted molar refractivity (Wildman–Crippen MR) is 108 cm³/mol. The zero-order valence-electron chi connectivity index (χ0n) is 16.1. The molecule has 1 aromatic heterocycles. The zero-order chi connectivity index (χ0) is 19.1. The fourth-order valence-electron chi connectivity index (χ4n) is 4.33. The number of carbonyl (C=O) groups excluding carboxylic acids is 1. The van der Waals surface area contributed by atoms with Crippen molar-refractivity contribution in [3.63, 3.8) is 0 Å². The second-order valence-corrected chi connectivity index (χ2v) is 7.62. The molecule has 3 aromatic rings. The molecule has 0 radical (unpaired) electrons. The molecule has 0 bridgehead atoms. The van der Waals surface area contributed by atoms with Crippen LogP contribution in [0.15, 0.2) is 36.5 Å². The van der Waals surface area contributed by atoms with Crippen molar-refractivity contribution in [2.75, 3.05) is 26.8 Å². The van der Waals surface area contributed by atoms with Crippen LogP contribution in [-0.2, 0) is 30.5 Å². The van der Waals surface area contributed by atoms with Crippen LogP contribution in [0.2, 0.25) is 0 Å². The Hall–Kier alpha value is -2.95. The van der Waals surface area contributed by atoms with Gasteiger partial charge in [0.1, 0.15) is 11.5 Å². The number of nitrogens with zero attached hydrogens (tertiary/aromatic N) is 1. The summed E-state index contributed by atoms with van der Waals surface area (Å²) in [5.74, 6) is 2.17. The third-order valence-electron chi connectivity index (χ3n) is 5.90. The number of hydrogen-bond acceptors (Lipinski definition) is 3. The highest BCUT2D eigenvalue weighted by Crippen LogP contribution is 2.40. The SMILES string of the molecule is CN(CCc1c2c(cc3c1OCC3)OCC2)C(=O)Cc1c[nH]c2ccccc12. The number of aromatic nitrogens is 1. The first-order chi connectivity index (χ1) is 13.7. The maximum atomic E-state index is 12.8. The van der Waals surface area contributed by atoms with Crippen molar-refractivity contribution in [3.05, 3.63) is 58.8 Å². The predicted octanol–water partition coefficient (Wildman–Crippen LogP) is 3.28. The Morgan fingerprint density at radius 2 is 2.04 bits per heavy atom. The Balaban J connectivity index is 1.30. The Labute approximate surface area is 164 Å². The normalized spacial score (nSPS) is 14.5. The van der Waals surface area contributed by atoms with Crippen molar-refractivity contribution < 1.29 is 14.3 Å². The molecule has 0 saturated carbocycles. The molecule has 1 amide bonds. The van der Waals surface area contributed by atoms with Gasteiger partial charge in [0, 0.05) is 60.2 Å². The lowest BCUT2D eigenvalue weighted by molar-refractivity contribution is -0.129. The van der Waals surface area contributed by atoms with Crippen LogP contribution >= 0.6 is 0 Å². The molecule has 0 fully saturated rings. The maximum absolute atomic E-state index is 12.8. The number of aromatic amines is 1. The average molecular weight is 376 g/mol. The van der Waals surface area contributed by atoms with E-state index in [0.717, 1.165) is 60.4 Å². The van der Waals surface area contributed by atoms with Gasteiger partial charge in [0.2, 0.25) is 5.91 Å². The van der Waals surface area contributed by atoms with Gasteiger partial charge in [-0.1, -0.05) is 18.2 Å². The molecule has 3 heterocycles. The summed E-state index contributed by atoms with van der Waals surface area (Å²) < 4.78 is 11.7. The van der Waals surface area contributed by atoms with Crippen LogP contribution in [0.1, 0.15) is 22.3 Å². The van der Waals surface area contributed by atoms with Crippen LogP contribution < -0.4 is 9.47 Å². The van der Waals surface area contributed by atoms with E-state index >= 15 is 0 Å². The van der Waals surface area contributed by atoms with E-state index in [-0.39, 0.29) is 5.91 Å². The molecule has 2 aromatic carbocycles. The number of ether oxygens (including phenoxy) is 2. The summed E-state index contributed by atoms with van der Waals surface area (Å²) in [5, 5.41) is 1.12. The lowest BCUT2D eigenvalue weighted by atomic mass is 9.97. The Bertz CT molecular complexity index is 1020. The summed E-state index contributed by atoms with van der Waals surface area (Å²) in [5.41, 5.74) is 5.85. The molecule has 5 nitrogen and oxygen atoms in total. The number of benzene rings is 2. The second-order valence-electron chi connectivity index (χ2n) is 7.62. The number of likely N-dealkylation sites (N-methyl/N-ethyl adjacent to an activating group) is 1. The number of fused-ring (bicyclic) bond motifs is 3. The van der Waals surface area contributed by atoms with Crippen LogP contribution in [-0.4, -0.2) is 42.6 Å². The first kappa shape index (κ1) is 17.2. The van der Waals surface area contributed by atoms with Crippen molar-refractivity contribution in [2.24, 2.45) is 0 Å². The summed E-state index contributed by atoms with van der Waals surface area (Å²) >= 11 is 0. The second kappa shape index (κ2) is 6.89. The molecule has 1 N–H and O–H groups in total. The van der Waals surface area contributed by atoms with Gasteiger partial charge in [0.05, 0.1) is 19.6 Å². The van der Waals surface area contributed by atoms with Gasteiger partial charge in [0.25, 0.3) is 0 Å². The summed E-state index contributed by atoms with van der Waals surface area (Å²) in [6.07, 6.45) is 5.01. The average Bonchev–Trinajstić information content (AvgIpc) is 3.44. The molecule has 0 unspecified atom stereocenters. The molecule has 5 heteroatoms. The van der Waals surface area contributed by atoms with Crippen molar-refractivity contribution in [2.45, 2.75) is 25.7 Å². The number of carbonyl (C=O) groups is 1. The van der Waals surface area contributed by atoms with Crippen LogP contribution in [0, 0.1) is 0 Å². The van der Waals surface area contributed by atoms with E-state index in [9.17, 15) is 4.79 Å². The minimum absolute atomic E-state index is 0.131. The van der Waals surface area contributed by atoms with E-state index in [0.29, 0.717) is 13.0 Å². The highest BCUT2D eigenvalue weighted by Gasteiger charge is 2.26. The highest BCUT2D eigenvalue weighted by molar-refractivity contribution is 5.88. The van der Waals surface area contributed by atoms with Gasteiger partial charge in [-0.25, -0.2) is 0 Å². The number of nitrogens with one attached hydrogen (secondary N) is 1. The summed E-state index contributed by atoms with van der Waals surface area (Å²) in [6.45, 7) is 2.15. The van der Waals surface area contributed by atoms with Crippen LogP contribution in [0.5, 0.6) is 11.5 Å². The number of rotatable bonds is 5. The van der Waals surface area contributed by atoms with Gasteiger partial charge in [-0.3, -0.25) is 4.79 Å². The topological polar surface area (TPSA) is 54.6 Å². The van der Waals surface area contributed by atoms with Crippen molar-refractivity contribution in [1.82, 2.24) is 9.88 Å². The minimum Gasteiger partial charge on any atom is -0.493 e. The molecule has 5 rings (SSSR count). The number of H-pyrrole nitrogens is 1. The molecule has 2 aliphatic heterocycles. The lowest BCUT2D eigenvalue weighted by Crippen LogP contribution is -2.30. The minimum atomic E-state index is 0.131. The highest BCUT2D eigenvalue weighted by atomic mass is 16.5. The smallest absolute Gasteiger partial charge is 0.226 e. The van der Waals surface area contributed by atoms with E-state index in [2.05, 4.69) is 17.1 Å². The van der Waals surface area contributed by atoms with E-state index in [1.807, 2.05) is 36.3 Å². The van der Waals surface area contributed by atoms with E-state index in [1.165, 1.54) is 16.7 Å². The lowest BCUT2D eigenvalue weighted by Gasteiger charge is -2.19. The largest absolute Gasteiger partial charge is 0.493 e. The fourth-order valence-corrected chi connectivity index (χ4v) is 4.33. The van der Waals surface area contributed by atoms with E-state index in [4.69, 9.17) is 9.47 Å². The summed E-state index contributed by atoms with van der Waals surface area (Å²) in [6, 6.07) is 10.2. The third-order valence-corrected chi connectivity index (χ3v) is 5.90. The van der Waals surface area contributed by atoms with Crippen LogP contribution in [0.3, 0.4) is 0 Å². The molecule has 0 aliphatic carbocycles. The van der Waals surface area contributed by atoms with Gasteiger partial charge in [-0.2, -0.15) is 0 Å². The standard InChI is InChI=1S/C23H24N2O3/c1-25(22(26)13-16-14-24-20-5-3-2-4-17(16)20)9-6-19-18-8-11-27-21(18)12-15-7-10-28-23(15)19/h2-5,12,14,24H,6-11,13H2,1H3. The molecule has 28 heavy (non-hydrogen) atoms. The Morgan fingerprint density at radius 1 is 1.18 bits per heavy atom. The molecular weight excluding hydrogens is 352 g/mol. The molecular formula is C23H24N2O3. The number of hydrogen-bond donors (Lipinski definition) is 1. The van der Waals surface area contributed by atoms with E-state index in [1.54, 1.807) is 0 Å². The Morgan fingerprint density at radius 3 is 2.96 bits per heavy atom. The monoisotopic (exact) mass is 376 g/mol. The zero-order valence-corrected chi connectivity index (χ0v) is 16.1.